The zero-order valence-electron chi connectivity index (χ0n) is 17.4. The molecule has 3 rings (SSSR count). The van der Waals surface area contributed by atoms with Crippen molar-refractivity contribution in [2.45, 2.75) is 59.0 Å². The molecule has 2 fully saturated rings. The lowest BCUT2D eigenvalue weighted by atomic mass is 9.84. The van der Waals surface area contributed by atoms with Gasteiger partial charge in [0.15, 0.2) is 5.78 Å². The van der Waals surface area contributed by atoms with Gasteiger partial charge in [0, 0.05) is 38.3 Å². The van der Waals surface area contributed by atoms with Crippen molar-refractivity contribution in [3.63, 3.8) is 0 Å². The minimum absolute atomic E-state index is 0.139. The maximum absolute atomic E-state index is 12.7. The molecule has 0 atom stereocenters. The summed E-state index contributed by atoms with van der Waals surface area (Å²) in [6, 6.07) is 2.14. The average molecular weight is 372 g/mol. The van der Waals surface area contributed by atoms with E-state index in [0.29, 0.717) is 0 Å². The Morgan fingerprint density at radius 1 is 1.15 bits per heavy atom. The Hall–Kier alpha value is -1.72. The highest BCUT2D eigenvalue weighted by Crippen LogP contribution is 2.32. The summed E-state index contributed by atoms with van der Waals surface area (Å²) < 4.78 is 0. The standard InChI is InChI=1S/C22H33N3O2/c1-15-13-16(2)20(18(4)26)17(3)19(15)14-25-11-7-22(8-12-25)21(27)23-9-6-10-24(22)5/h13H,6-12,14H2,1-5H3,(H,23,27). The summed E-state index contributed by atoms with van der Waals surface area (Å²) in [6.45, 7) is 12.3. The van der Waals surface area contributed by atoms with Gasteiger partial charge in [-0.05, 0) is 76.3 Å². The quantitative estimate of drug-likeness (QED) is 0.830. The van der Waals surface area contributed by atoms with Gasteiger partial charge >= 0.3 is 0 Å². The number of aryl methyl sites for hydroxylation is 2. The van der Waals surface area contributed by atoms with E-state index in [2.05, 4.69) is 42.1 Å². The van der Waals surface area contributed by atoms with Crippen LogP contribution in [0.2, 0.25) is 0 Å². The summed E-state index contributed by atoms with van der Waals surface area (Å²) in [6.07, 6.45) is 2.74. The molecule has 1 aromatic carbocycles. The second-order valence-corrected chi connectivity index (χ2v) is 8.38. The van der Waals surface area contributed by atoms with Crippen LogP contribution in [-0.4, -0.2) is 60.3 Å². The van der Waals surface area contributed by atoms with Gasteiger partial charge in [0.25, 0.3) is 0 Å². The van der Waals surface area contributed by atoms with Gasteiger partial charge in [-0.2, -0.15) is 0 Å². The van der Waals surface area contributed by atoms with E-state index < -0.39 is 0 Å². The van der Waals surface area contributed by atoms with Gasteiger partial charge in [-0.15, -0.1) is 0 Å². The second-order valence-electron chi connectivity index (χ2n) is 8.38. The van der Waals surface area contributed by atoms with Crippen LogP contribution in [0.5, 0.6) is 0 Å². The highest BCUT2D eigenvalue weighted by atomic mass is 16.2. The third-order valence-electron chi connectivity index (χ3n) is 6.66. The van der Waals surface area contributed by atoms with Gasteiger partial charge in [0.05, 0.1) is 0 Å². The number of likely N-dealkylation sites (tertiary alicyclic amines) is 1. The first-order chi connectivity index (χ1) is 12.8. The van der Waals surface area contributed by atoms with E-state index >= 15 is 0 Å². The smallest absolute Gasteiger partial charge is 0.240 e. The zero-order chi connectivity index (χ0) is 19.8. The molecular weight excluding hydrogens is 338 g/mol. The molecule has 0 bridgehead atoms. The topological polar surface area (TPSA) is 52.7 Å². The predicted molar refractivity (Wildman–Crippen MR) is 108 cm³/mol. The van der Waals surface area contributed by atoms with E-state index in [1.54, 1.807) is 6.92 Å². The monoisotopic (exact) mass is 371 g/mol. The van der Waals surface area contributed by atoms with Crippen molar-refractivity contribution in [1.29, 1.82) is 0 Å². The number of amides is 1. The first-order valence-electron chi connectivity index (χ1n) is 10.1. The van der Waals surface area contributed by atoms with Crippen molar-refractivity contribution in [3.05, 3.63) is 33.9 Å². The van der Waals surface area contributed by atoms with Crippen LogP contribution in [0.3, 0.4) is 0 Å². The van der Waals surface area contributed by atoms with Crippen molar-refractivity contribution >= 4 is 11.7 Å². The number of ketones is 1. The number of likely N-dealkylation sites (N-methyl/N-ethyl adjacent to an activating group) is 1. The number of hydrogen-bond acceptors (Lipinski definition) is 4. The molecule has 0 aromatic heterocycles. The van der Waals surface area contributed by atoms with Gasteiger partial charge < -0.3 is 5.32 Å². The Bertz CT molecular complexity index is 748. The number of nitrogens with zero attached hydrogens (tertiary/aromatic N) is 2. The van der Waals surface area contributed by atoms with Crippen molar-refractivity contribution in [3.8, 4) is 0 Å². The molecule has 0 aliphatic carbocycles. The largest absolute Gasteiger partial charge is 0.354 e. The number of hydrogen-bond donors (Lipinski definition) is 1. The van der Waals surface area contributed by atoms with Gasteiger partial charge in [-0.1, -0.05) is 6.07 Å². The maximum Gasteiger partial charge on any atom is 0.240 e. The van der Waals surface area contributed by atoms with E-state index in [9.17, 15) is 9.59 Å². The summed E-state index contributed by atoms with van der Waals surface area (Å²) in [5, 5.41) is 3.11. The number of carbonyl (C=O) groups excluding carboxylic acids is 2. The van der Waals surface area contributed by atoms with Crippen LogP contribution in [0.15, 0.2) is 6.07 Å². The van der Waals surface area contributed by atoms with Gasteiger partial charge in [-0.25, -0.2) is 0 Å². The van der Waals surface area contributed by atoms with E-state index in [0.717, 1.165) is 68.7 Å². The molecule has 1 amide bonds. The van der Waals surface area contributed by atoms with Gasteiger partial charge in [0.1, 0.15) is 5.54 Å². The SMILES string of the molecule is CC(=O)c1c(C)cc(C)c(CN2CCC3(CC2)C(=O)NCCCN3C)c1C. The molecule has 2 aliphatic heterocycles. The number of carbonyl (C=O) groups is 2. The summed E-state index contributed by atoms with van der Waals surface area (Å²) >= 11 is 0. The number of benzene rings is 1. The minimum atomic E-state index is -0.352. The highest BCUT2D eigenvalue weighted by Gasteiger charge is 2.45. The Kier molecular flexibility index (Phi) is 5.73. The highest BCUT2D eigenvalue weighted by molar-refractivity contribution is 5.97. The lowest BCUT2D eigenvalue weighted by Crippen LogP contribution is -2.60. The molecule has 0 saturated carbocycles. The lowest BCUT2D eigenvalue weighted by Gasteiger charge is -2.45. The van der Waals surface area contributed by atoms with Crippen LogP contribution in [0.4, 0.5) is 0 Å². The predicted octanol–water partition coefficient (Wildman–Crippen LogP) is 2.60. The van der Waals surface area contributed by atoms with Crippen LogP contribution in [-0.2, 0) is 11.3 Å². The molecule has 0 radical (unpaired) electrons. The molecule has 5 heteroatoms. The molecule has 1 aromatic rings. The van der Waals surface area contributed by atoms with E-state index in [-0.39, 0.29) is 17.2 Å². The first kappa shape index (κ1) is 20.0. The summed E-state index contributed by atoms with van der Waals surface area (Å²) in [5.74, 6) is 0.337. The van der Waals surface area contributed by atoms with Crippen LogP contribution in [0.25, 0.3) is 0 Å². The Balaban J connectivity index is 1.77. The normalized spacial score (nSPS) is 21.1. The number of nitrogens with one attached hydrogen (secondary N) is 1. The lowest BCUT2D eigenvalue weighted by molar-refractivity contribution is -0.134. The van der Waals surface area contributed by atoms with Crippen molar-refractivity contribution in [2.75, 3.05) is 33.2 Å². The third-order valence-corrected chi connectivity index (χ3v) is 6.66. The van der Waals surface area contributed by atoms with Gasteiger partial charge in [-0.3, -0.25) is 19.4 Å². The summed E-state index contributed by atoms with van der Waals surface area (Å²) in [5.41, 5.74) is 5.21. The van der Waals surface area contributed by atoms with Crippen molar-refractivity contribution in [2.24, 2.45) is 0 Å². The Morgan fingerprint density at radius 3 is 2.44 bits per heavy atom. The fraction of sp³-hybridized carbons (Fsp3) is 0.636. The fourth-order valence-corrected chi connectivity index (χ4v) is 4.99. The van der Waals surface area contributed by atoms with Crippen LogP contribution >= 0.6 is 0 Å². The van der Waals surface area contributed by atoms with Crippen molar-refractivity contribution < 1.29 is 9.59 Å². The van der Waals surface area contributed by atoms with Crippen LogP contribution < -0.4 is 5.32 Å². The molecule has 5 nitrogen and oxygen atoms in total. The Labute approximate surface area is 163 Å². The molecule has 0 unspecified atom stereocenters. The van der Waals surface area contributed by atoms with Crippen LogP contribution in [0.1, 0.15) is 58.8 Å². The number of Topliss-reactive ketones (excluding diaryl/α,β-unsaturated/α-hetero) is 1. The molecule has 2 heterocycles. The van der Waals surface area contributed by atoms with Crippen molar-refractivity contribution in [1.82, 2.24) is 15.1 Å². The molecule has 1 spiro atoms. The Morgan fingerprint density at radius 2 is 1.81 bits per heavy atom. The van der Waals surface area contributed by atoms with Crippen LogP contribution in [0, 0.1) is 20.8 Å². The van der Waals surface area contributed by atoms with Gasteiger partial charge in [0.2, 0.25) is 5.91 Å². The van der Waals surface area contributed by atoms with E-state index in [1.807, 2.05) is 6.92 Å². The maximum atomic E-state index is 12.7. The molecule has 148 valence electrons. The molecule has 2 aliphatic rings. The zero-order valence-corrected chi connectivity index (χ0v) is 17.4. The molecule has 27 heavy (non-hydrogen) atoms. The summed E-state index contributed by atoms with van der Waals surface area (Å²) in [7, 11) is 2.09. The fourth-order valence-electron chi connectivity index (χ4n) is 4.99. The number of rotatable bonds is 3. The van der Waals surface area contributed by atoms with E-state index in [4.69, 9.17) is 0 Å². The first-order valence-corrected chi connectivity index (χ1v) is 10.1. The molecule has 1 N–H and O–H groups in total. The average Bonchev–Trinajstić information content (AvgIpc) is 2.73. The van der Waals surface area contributed by atoms with E-state index in [1.165, 1.54) is 11.1 Å². The third kappa shape index (κ3) is 3.67. The number of piperidine rings is 1. The second kappa shape index (κ2) is 7.72. The molecule has 2 saturated heterocycles. The molecular formula is C22H33N3O2. The minimum Gasteiger partial charge on any atom is -0.354 e. The summed E-state index contributed by atoms with van der Waals surface area (Å²) in [4.78, 5) is 29.5.